The van der Waals surface area contributed by atoms with E-state index in [4.69, 9.17) is 0 Å². The summed E-state index contributed by atoms with van der Waals surface area (Å²) in [4.78, 5) is 25.3. The van der Waals surface area contributed by atoms with E-state index in [9.17, 15) is 19.3 Å². The molecule has 0 unspecified atom stereocenters. The second-order valence-electron chi connectivity index (χ2n) is 3.40. The number of hydrogen-bond acceptors (Lipinski definition) is 5. The molecule has 6 nitrogen and oxygen atoms in total. The maximum absolute atomic E-state index is 13.7. The van der Waals surface area contributed by atoms with E-state index in [-0.39, 0.29) is 22.2 Å². The van der Waals surface area contributed by atoms with Crippen molar-refractivity contribution in [2.24, 2.45) is 0 Å². The van der Waals surface area contributed by atoms with Gasteiger partial charge in [0, 0.05) is 12.3 Å². The Morgan fingerprint density at radius 2 is 2.17 bits per heavy atom. The van der Waals surface area contributed by atoms with Crippen molar-refractivity contribution in [3.63, 3.8) is 0 Å². The van der Waals surface area contributed by atoms with Crippen LogP contribution in [0, 0.1) is 15.9 Å². The zero-order valence-corrected chi connectivity index (χ0v) is 9.21. The molecule has 1 aromatic heterocycles. The van der Waals surface area contributed by atoms with E-state index < -0.39 is 16.7 Å². The Kier molecular flexibility index (Phi) is 2.88. The number of nitro groups is 1. The molecule has 0 saturated heterocycles. The van der Waals surface area contributed by atoms with Crippen LogP contribution in [0.5, 0.6) is 0 Å². The summed E-state index contributed by atoms with van der Waals surface area (Å²) in [6.45, 7) is 0. The van der Waals surface area contributed by atoms with Gasteiger partial charge in [-0.15, -0.1) is 0 Å². The highest BCUT2D eigenvalue weighted by molar-refractivity contribution is 6.05. The first-order valence-electron chi connectivity index (χ1n) is 4.86. The second-order valence-corrected chi connectivity index (χ2v) is 3.40. The molecule has 0 radical (unpaired) electrons. The molecule has 0 bridgehead atoms. The van der Waals surface area contributed by atoms with Crippen molar-refractivity contribution in [2.75, 3.05) is 7.11 Å². The average Bonchev–Trinajstić information content (AvgIpc) is 2.37. The summed E-state index contributed by atoms with van der Waals surface area (Å²) in [6, 6.07) is 3.25. The molecule has 1 aromatic carbocycles. The fourth-order valence-corrected chi connectivity index (χ4v) is 1.65. The Bertz CT molecular complexity index is 657. The number of non-ortho nitro benzene ring substituents is 1. The van der Waals surface area contributed by atoms with E-state index in [1.165, 1.54) is 12.3 Å². The van der Waals surface area contributed by atoms with Gasteiger partial charge in [0.05, 0.1) is 22.8 Å². The Morgan fingerprint density at radius 1 is 1.44 bits per heavy atom. The van der Waals surface area contributed by atoms with Gasteiger partial charge in [0.1, 0.15) is 5.82 Å². The van der Waals surface area contributed by atoms with Crippen LogP contribution < -0.4 is 0 Å². The fourth-order valence-electron chi connectivity index (χ4n) is 1.65. The third-order valence-electron chi connectivity index (χ3n) is 2.43. The van der Waals surface area contributed by atoms with Crippen LogP contribution in [-0.2, 0) is 4.74 Å². The van der Waals surface area contributed by atoms with Crippen molar-refractivity contribution in [1.82, 2.24) is 4.98 Å². The van der Waals surface area contributed by atoms with Crippen molar-refractivity contribution in [3.8, 4) is 0 Å². The maximum Gasteiger partial charge on any atom is 0.357 e. The molecule has 7 heteroatoms. The normalized spacial score (nSPS) is 10.3. The van der Waals surface area contributed by atoms with Crippen LogP contribution in [0.2, 0.25) is 0 Å². The topological polar surface area (TPSA) is 82.3 Å². The molecule has 0 fully saturated rings. The van der Waals surface area contributed by atoms with Crippen LogP contribution in [0.3, 0.4) is 0 Å². The van der Waals surface area contributed by atoms with Crippen LogP contribution in [0.1, 0.15) is 10.5 Å². The summed E-state index contributed by atoms with van der Waals surface area (Å²) in [5.41, 5.74) is -0.574. The van der Waals surface area contributed by atoms with Crippen LogP contribution >= 0.6 is 0 Å². The number of aromatic nitrogens is 1. The van der Waals surface area contributed by atoms with Gasteiger partial charge in [0.25, 0.3) is 5.69 Å². The molecule has 18 heavy (non-hydrogen) atoms. The number of nitro benzene ring substituents is 1. The highest BCUT2D eigenvalue weighted by Crippen LogP contribution is 2.29. The van der Waals surface area contributed by atoms with Crippen LogP contribution in [0.25, 0.3) is 10.8 Å². The lowest BCUT2D eigenvalue weighted by atomic mass is 10.1. The third-order valence-corrected chi connectivity index (χ3v) is 2.43. The number of carbonyl (C=O) groups excluding carboxylic acids is 1. The quantitative estimate of drug-likeness (QED) is 0.463. The number of carbonyl (C=O) groups is 1. The summed E-state index contributed by atoms with van der Waals surface area (Å²) < 4.78 is 18.2. The van der Waals surface area contributed by atoms with Gasteiger partial charge in [-0.2, -0.15) is 0 Å². The monoisotopic (exact) mass is 250 g/mol. The smallest absolute Gasteiger partial charge is 0.357 e. The lowest BCUT2D eigenvalue weighted by molar-refractivity contribution is -0.383. The zero-order chi connectivity index (χ0) is 13.3. The number of benzene rings is 1. The molecule has 0 spiro atoms. The summed E-state index contributed by atoms with van der Waals surface area (Å²) in [5, 5.41) is 10.6. The highest BCUT2D eigenvalue weighted by atomic mass is 19.1. The lowest BCUT2D eigenvalue weighted by Crippen LogP contribution is -2.06. The molecule has 0 atom stereocenters. The molecule has 0 aliphatic carbocycles. The molecular weight excluding hydrogens is 243 g/mol. The van der Waals surface area contributed by atoms with Crippen molar-refractivity contribution in [1.29, 1.82) is 0 Å². The molecule has 2 rings (SSSR count). The van der Waals surface area contributed by atoms with E-state index in [0.29, 0.717) is 0 Å². The molecule has 0 N–H and O–H groups in total. The SMILES string of the molecule is COC(=O)c1nccc2c([N+](=O)[O-])ccc(F)c12. The van der Waals surface area contributed by atoms with E-state index >= 15 is 0 Å². The summed E-state index contributed by atoms with van der Waals surface area (Å²) >= 11 is 0. The molecule has 0 amide bonds. The predicted octanol–water partition coefficient (Wildman–Crippen LogP) is 2.07. The van der Waals surface area contributed by atoms with Gasteiger partial charge in [0.2, 0.25) is 0 Å². The minimum atomic E-state index is -0.847. The number of halogens is 1. The molecular formula is C11H7FN2O4. The third kappa shape index (κ3) is 1.75. The van der Waals surface area contributed by atoms with Crippen LogP contribution in [0.4, 0.5) is 10.1 Å². The van der Waals surface area contributed by atoms with Crippen molar-refractivity contribution in [3.05, 3.63) is 46.0 Å². The minimum absolute atomic E-state index is 0.00963. The average molecular weight is 250 g/mol. The summed E-state index contributed by atoms with van der Waals surface area (Å²) in [5.74, 6) is -1.61. The van der Waals surface area contributed by atoms with Crippen molar-refractivity contribution in [2.45, 2.75) is 0 Å². The first-order valence-corrected chi connectivity index (χ1v) is 4.86. The Balaban J connectivity index is 2.88. The van der Waals surface area contributed by atoms with Gasteiger partial charge >= 0.3 is 5.97 Å². The lowest BCUT2D eigenvalue weighted by Gasteiger charge is -2.05. The largest absolute Gasteiger partial charge is 0.464 e. The van der Waals surface area contributed by atoms with Gasteiger partial charge in [-0.25, -0.2) is 14.2 Å². The molecule has 92 valence electrons. The van der Waals surface area contributed by atoms with Gasteiger partial charge in [-0.05, 0) is 12.1 Å². The summed E-state index contributed by atoms with van der Waals surface area (Å²) in [7, 11) is 1.12. The number of pyridine rings is 1. The molecule has 0 aliphatic rings. The molecule has 2 aromatic rings. The maximum atomic E-state index is 13.7. The van der Waals surface area contributed by atoms with Gasteiger partial charge in [0.15, 0.2) is 5.69 Å². The van der Waals surface area contributed by atoms with Crippen LogP contribution in [-0.4, -0.2) is 23.0 Å². The van der Waals surface area contributed by atoms with Crippen LogP contribution in [0.15, 0.2) is 24.4 Å². The summed E-state index contributed by atoms with van der Waals surface area (Å²) in [6.07, 6.45) is 1.20. The van der Waals surface area contributed by atoms with E-state index in [1.54, 1.807) is 0 Å². The van der Waals surface area contributed by atoms with Crippen molar-refractivity contribution < 1.29 is 18.8 Å². The van der Waals surface area contributed by atoms with Crippen molar-refractivity contribution >= 4 is 22.4 Å². The molecule has 1 heterocycles. The predicted molar refractivity (Wildman–Crippen MR) is 59.7 cm³/mol. The number of nitrogens with zero attached hydrogens (tertiary/aromatic N) is 2. The van der Waals surface area contributed by atoms with E-state index in [0.717, 1.165) is 19.2 Å². The number of rotatable bonds is 2. The number of ether oxygens (including phenoxy) is 1. The standard InChI is InChI=1S/C11H7FN2O4/c1-18-11(15)10-9-6(4-5-13-10)8(14(16)17)3-2-7(9)12/h2-5H,1H3. The highest BCUT2D eigenvalue weighted by Gasteiger charge is 2.21. The Morgan fingerprint density at radius 3 is 2.78 bits per heavy atom. The fraction of sp³-hybridized carbons (Fsp3) is 0.0909. The number of esters is 1. The first-order chi connectivity index (χ1) is 8.56. The second kappa shape index (κ2) is 4.36. The number of hydrogen-bond donors (Lipinski definition) is 0. The minimum Gasteiger partial charge on any atom is -0.464 e. The Labute approximate surface area is 100 Å². The molecule has 0 saturated carbocycles. The van der Waals surface area contributed by atoms with Gasteiger partial charge in [-0.3, -0.25) is 10.1 Å². The number of fused-ring (bicyclic) bond motifs is 1. The van der Waals surface area contributed by atoms with E-state index in [1.807, 2.05) is 0 Å². The first kappa shape index (κ1) is 11.9. The Hall–Kier alpha value is -2.57. The zero-order valence-electron chi connectivity index (χ0n) is 9.21. The van der Waals surface area contributed by atoms with Gasteiger partial charge < -0.3 is 4.74 Å². The number of methoxy groups -OCH3 is 1. The van der Waals surface area contributed by atoms with Gasteiger partial charge in [-0.1, -0.05) is 0 Å². The molecule has 0 aliphatic heterocycles. The van der Waals surface area contributed by atoms with E-state index in [2.05, 4.69) is 9.72 Å².